The van der Waals surface area contributed by atoms with Crippen LogP contribution in [-0.4, -0.2) is 39.0 Å². The van der Waals surface area contributed by atoms with Crippen molar-refractivity contribution < 1.29 is 23.1 Å². The van der Waals surface area contributed by atoms with Crippen LogP contribution in [0.5, 0.6) is 0 Å². The number of aliphatic hydroxyl groups excluding tert-OH is 1. The first-order valence-corrected chi connectivity index (χ1v) is 11.0. The van der Waals surface area contributed by atoms with Crippen LogP contribution in [0.25, 0.3) is 5.57 Å². The lowest BCUT2D eigenvalue weighted by molar-refractivity contribution is -0.138. The van der Waals surface area contributed by atoms with Gasteiger partial charge >= 0.3 is 5.97 Å². The molecule has 0 saturated heterocycles. The molecule has 2 aromatic carbocycles. The highest BCUT2D eigenvalue weighted by Gasteiger charge is 2.20. The summed E-state index contributed by atoms with van der Waals surface area (Å²) in [6, 6.07) is 13.7. The van der Waals surface area contributed by atoms with E-state index in [0.29, 0.717) is 16.7 Å². The molecule has 0 atom stereocenters. The van der Waals surface area contributed by atoms with Crippen LogP contribution in [0.2, 0.25) is 0 Å². The summed E-state index contributed by atoms with van der Waals surface area (Å²) in [4.78, 5) is 12.7. The van der Waals surface area contributed by atoms with Crippen molar-refractivity contribution in [2.75, 3.05) is 19.5 Å². The molecule has 27 heavy (non-hydrogen) atoms. The zero-order chi connectivity index (χ0) is 20.0. The van der Waals surface area contributed by atoms with E-state index in [1.165, 1.54) is 12.1 Å². The summed E-state index contributed by atoms with van der Waals surface area (Å²) in [5, 5.41) is 9.46. The fourth-order valence-corrected chi connectivity index (χ4v) is 3.55. The van der Waals surface area contributed by atoms with Crippen molar-refractivity contribution in [3.63, 3.8) is 0 Å². The molecule has 0 spiro atoms. The van der Waals surface area contributed by atoms with Crippen molar-refractivity contribution in [3.05, 3.63) is 69.7 Å². The lowest BCUT2D eigenvalue weighted by Crippen LogP contribution is -2.12. The second-order valence-corrected chi connectivity index (χ2v) is 8.78. The van der Waals surface area contributed by atoms with Gasteiger partial charge in [-0.25, -0.2) is 13.2 Å². The van der Waals surface area contributed by atoms with E-state index in [2.05, 4.69) is 15.9 Å². The molecule has 0 aromatic heterocycles. The maximum absolute atomic E-state index is 12.5. The monoisotopic (exact) mass is 452 g/mol. The molecule has 0 fully saturated rings. The van der Waals surface area contributed by atoms with E-state index in [0.717, 1.165) is 16.3 Å². The van der Waals surface area contributed by atoms with Crippen molar-refractivity contribution in [2.45, 2.75) is 18.2 Å². The average molecular weight is 453 g/mol. The first kappa shape index (κ1) is 21.3. The summed E-state index contributed by atoms with van der Waals surface area (Å²) < 4.78 is 29.5. The van der Waals surface area contributed by atoms with Crippen LogP contribution in [0.1, 0.15) is 24.5 Å². The number of halogens is 1. The molecule has 0 radical (unpaired) electrons. The van der Waals surface area contributed by atoms with Gasteiger partial charge in [0.05, 0.1) is 11.5 Å². The number of hydrogen-bond donors (Lipinski definition) is 1. The van der Waals surface area contributed by atoms with Gasteiger partial charge < -0.3 is 9.84 Å². The third-order valence-electron chi connectivity index (χ3n) is 3.89. The molecule has 1 N–H and O–H groups in total. The highest BCUT2D eigenvalue weighted by atomic mass is 79.9. The topological polar surface area (TPSA) is 80.7 Å². The number of ether oxygens (including phenoxy) is 1. The van der Waals surface area contributed by atoms with Crippen LogP contribution in [0, 0.1) is 0 Å². The molecule has 0 aliphatic carbocycles. The van der Waals surface area contributed by atoms with Crippen LogP contribution < -0.4 is 0 Å². The number of benzene rings is 2. The number of hydrogen-bond acceptors (Lipinski definition) is 5. The first-order chi connectivity index (χ1) is 12.8. The SMILES string of the molecule is CCOC(=O)C(CCO)=C(c1ccc(Br)cc1)c1ccc(S(C)(=O)=O)cc1. The maximum Gasteiger partial charge on any atom is 0.334 e. The quantitative estimate of drug-likeness (QED) is 0.512. The number of aliphatic hydroxyl groups is 1. The summed E-state index contributed by atoms with van der Waals surface area (Å²) in [7, 11) is -3.32. The largest absolute Gasteiger partial charge is 0.463 e. The number of carbonyl (C=O) groups is 1. The highest BCUT2D eigenvalue weighted by Crippen LogP contribution is 2.31. The molecule has 0 unspecified atom stereocenters. The maximum atomic E-state index is 12.5. The number of esters is 1. The van der Waals surface area contributed by atoms with E-state index in [1.807, 2.05) is 24.3 Å². The van der Waals surface area contributed by atoms with Crippen LogP contribution in [0.3, 0.4) is 0 Å². The molecule has 2 rings (SSSR count). The van der Waals surface area contributed by atoms with Gasteiger partial charge in [0.25, 0.3) is 0 Å². The third kappa shape index (κ3) is 5.51. The van der Waals surface area contributed by atoms with Gasteiger partial charge in [-0.1, -0.05) is 40.2 Å². The Morgan fingerprint density at radius 2 is 1.56 bits per heavy atom. The first-order valence-electron chi connectivity index (χ1n) is 8.35. The van der Waals surface area contributed by atoms with E-state index in [1.54, 1.807) is 19.1 Å². The smallest absolute Gasteiger partial charge is 0.334 e. The summed E-state index contributed by atoms with van der Waals surface area (Å²) in [5.41, 5.74) is 2.38. The Kier molecular flexibility index (Phi) is 7.35. The van der Waals surface area contributed by atoms with Crippen LogP contribution >= 0.6 is 15.9 Å². The molecule has 5 nitrogen and oxygen atoms in total. The Hall–Kier alpha value is -1.96. The minimum atomic E-state index is -3.32. The zero-order valence-electron chi connectivity index (χ0n) is 15.1. The molecule has 0 aliphatic rings. The molecule has 144 valence electrons. The predicted molar refractivity (Wildman–Crippen MR) is 108 cm³/mol. The van der Waals surface area contributed by atoms with Gasteiger partial charge in [-0.2, -0.15) is 0 Å². The summed E-state index contributed by atoms with van der Waals surface area (Å²) in [5.74, 6) is -0.503. The van der Waals surface area contributed by atoms with Gasteiger partial charge in [0.1, 0.15) is 0 Å². The third-order valence-corrected chi connectivity index (χ3v) is 5.55. The van der Waals surface area contributed by atoms with Crippen molar-refractivity contribution in [3.8, 4) is 0 Å². The Morgan fingerprint density at radius 1 is 1.04 bits per heavy atom. The van der Waals surface area contributed by atoms with Gasteiger partial charge in [-0.3, -0.25) is 0 Å². The highest BCUT2D eigenvalue weighted by molar-refractivity contribution is 9.10. The van der Waals surface area contributed by atoms with E-state index in [9.17, 15) is 18.3 Å². The molecular formula is C20H21BrO5S. The van der Waals surface area contributed by atoms with E-state index in [-0.39, 0.29) is 24.5 Å². The fraction of sp³-hybridized carbons (Fsp3) is 0.250. The van der Waals surface area contributed by atoms with Gasteiger partial charge in [0.15, 0.2) is 9.84 Å². The van der Waals surface area contributed by atoms with Gasteiger partial charge in [0.2, 0.25) is 0 Å². The fourth-order valence-electron chi connectivity index (χ4n) is 2.66. The number of sulfone groups is 1. The Bertz CT molecular complexity index is 929. The molecule has 0 heterocycles. The Labute approximate surface area is 167 Å². The summed E-state index contributed by atoms with van der Waals surface area (Å²) in [6.45, 7) is 1.72. The van der Waals surface area contributed by atoms with Crippen molar-refractivity contribution >= 4 is 37.3 Å². The van der Waals surface area contributed by atoms with Crippen molar-refractivity contribution in [1.29, 1.82) is 0 Å². The summed E-state index contributed by atoms with van der Waals surface area (Å²) >= 11 is 3.39. The van der Waals surface area contributed by atoms with Crippen molar-refractivity contribution in [2.24, 2.45) is 0 Å². The minimum Gasteiger partial charge on any atom is -0.463 e. The molecular weight excluding hydrogens is 432 g/mol. The van der Waals surface area contributed by atoms with E-state index < -0.39 is 15.8 Å². The van der Waals surface area contributed by atoms with Crippen LogP contribution in [0.15, 0.2) is 63.5 Å². The van der Waals surface area contributed by atoms with E-state index >= 15 is 0 Å². The average Bonchev–Trinajstić information content (AvgIpc) is 2.62. The predicted octanol–water partition coefficient (Wildman–Crippen LogP) is 3.60. The van der Waals surface area contributed by atoms with Gasteiger partial charge in [-0.05, 0) is 47.9 Å². The lowest BCUT2D eigenvalue weighted by Gasteiger charge is -2.16. The molecule has 7 heteroatoms. The van der Waals surface area contributed by atoms with Crippen LogP contribution in [0.4, 0.5) is 0 Å². The molecule has 0 bridgehead atoms. The standard InChI is InChI=1S/C20H21BrO5S/c1-3-26-20(23)18(12-13-22)19(14-4-8-16(21)9-5-14)15-6-10-17(11-7-15)27(2,24)25/h4-11,22H,3,12-13H2,1-2H3. The molecule has 0 amide bonds. The minimum absolute atomic E-state index is 0.123. The Morgan fingerprint density at radius 3 is 2.00 bits per heavy atom. The lowest BCUT2D eigenvalue weighted by atomic mass is 9.91. The van der Waals surface area contributed by atoms with Crippen molar-refractivity contribution in [1.82, 2.24) is 0 Å². The normalized spacial score (nSPS) is 12.4. The van der Waals surface area contributed by atoms with Gasteiger partial charge in [-0.15, -0.1) is 0 Å². The van der Waals surface area contributed by atoms with Gasteiger partial charge in [0, 0.05) is 29.3 Å². The second-order valence-electron chi connectivity index (χ2n) is 5.85. The van der Waals surface area contributed by atoms with E-state index in [4.69, 9.17) is 4.74 Å². The zero-order valence-corrected chi connectivity index (χ0v) is 17.5. The Balaban J connectivity index is 2.70. The number of rotatable bonds is 7. The number of carbonyl (C=O) groups excluding carboxylic acids is 1. The molecule has 2 aromatic rings. The van der Waals surface area contributed by atoms with Crippen LogP contribution in [-0.2, 0) is 19.4 Å². The molecule has 0 aliphatic heterocycles. The second kappa shape index (κ2) is 9.30. The summed E-state index contributed by atoms with van der Waals surface area (Å²) in [6.07, 6.45) is 1.27. The molecule has 0 saturated carbocycles.